The van der Waals surface area contributed by atoms with Crippen LogP contribution in [0.1, 0.15) is 0 Å². The summed E-state index contributed by atoms with van der Waals surface area (Å²) in [5.74, 6) is -2.30. The number of methoxy groups -OCH3 is 1. The molecule has 2 aromatic carbocycles. The van der Waals surface area contributed by atoms with Gasteiger partial charge in [-0.05, 0) is 24.3 Å². The van der Waals surface area contributed by atoms with Crippen LogP contribution in [0.3, 0.4) is 0 Å². The van der Waals surface area contributed by atoms with Crippen LogP contribution in [-0.4, -0.2) is 31.0 Å². The zero-order chi connectivity index (χ0) is 21.4. The molecule has 0 radical (unpaired) electrons. The van der Waals surface area contributed by atoms with Crippen LogP contribution in [0.5, 0.6) is 23.1 Å². The quantitative estimate of drug-likeness (QED) is 0.321. The van der Waals surface area contributed by atoms with E-state index in [-0.39, 0.29) is 33.3 Å². The molecule has 3 rings (SSSR count). The van der Waals surface area contributed by atoms with Gasteiger partial charge in [-0.15, -0.1) is 0 Å². The van der Waals surface area contributed by atoms with E-state index < -0.39 is 27.2 Å². The van der Waals surface area contributed by atoms with Gasteiger partial charge in [-0.3, -0.25) is 0 Å². The monoisotopic (exact) mass is 452 g/mol. The number of hydrogen-bond donors (Lipinski definition) is 0. The van der Waals surface area contributed by atoms with E-state index in [0.29, 0.717) is 0 Å². The maximum atomic E-state index is 14.0. The standard InChI is InChI=1S/C16H9ClF4N2O5S/c1-26-13-5-9-11(6-14(13)28-29(24,25)16(19,20)21)22-7-23-15(9)27-12-3-2-8(17)4-10(12)18/h2-7H,1H3. The molecule has 13 heteroatoms. The SMILES string of the molecule is COc1cc2c(Oc3ccc(Cl)cc3F)ncnc2cc1OS(=O)(=O)C(F)(F)F. The predicted octanol–water partition coefficient (Wildman–Crippen LogP) is 4.45. The highest BCUT2D eigenvalue weighted by molar-refractivity contribution is 7.88. The van der Waals surface area contributed by atoms with Crippen LogP contribution < -0.4 is 13.7 Å². The Bertz CT molecular complexity index is 1190. The van der Waals surface area contributed by atoms with E-state index in [2.05, 4.69) is 14.2 Å². The number of ether oxygens (including phenoxy) is 2. The molecule has 1 heterocycles. The Morgan fingerprint density at radius 1 is 1.03 bits per heavy atom. The first kappa shape index (κ1) is 20.9. The van der Waals surface area contributed by atoms with Crippen molar-refractivity contribution in [3.8, 4) is 23.1 Å². The van der Waals surface area contributed by atoms with Gasteiger partial charge < -0.3 is 13.7 Å². The van der Waals surface area contributed by atoms with Gasteiger partial charge in [0.25, 0.3) is 0 Å². The molecule has 0 amide bonds. The summed E-state index contributed by atoms with van der Waals surface area (Å²) in [6.07, 6.45) is 0.986. The van der Waals surface area contributed by atoms with Crippen LogP contribution in [0.4, 0.5) is 17.6 Å². The fraction of sp³-hybridized carbons (Fsp3) is 0.125. The van der Waals surface area contributed by atoms with Crippen LogP contribution in [0.2, 0.25) is 5.02 Å². The second-order valence-electron chi connectivity index (χ2n) is 5.36. The average molecular weight is 453 g/mol. The molecule has 7 nitrogen and oxygen atoms in total. The lowest BCUT2D eigenvalue weighted by Gasteiger charge is -2.14. The van der Waals surface area contributed by atoms with Crippen molar-refractivity contribution in [1.29, 1.82) is 0 Å². The highest BCUT2D eigenvalue weighted by Crippen LogP contribution is 2.38. The smallest absolute Gasteiger partial charge is 0.493 e. The minimum Gasteiger partial charge on any atom is -0.493 e. The largest absolute Gasteiger partial charge is 0.534 e. The Balaban J connectivity index is 2.07. The molecule has 0 saturated heterocycles. The first-order chi connectivity index (χ1) is 13.5. The summed E-state index contributed by atoms with van der Waals surface area (Å²) < 4.78 is 88.8. The fourth-order valence-electron chi connectivity index (χ4n) is 2.17. The van der Waals surface area contributed by atoms with E-state index in [1.165, 1.54) is 12.1 Å². The van der Waals surface area contributed by atoms with E-state index in [4.69, 9.17) is 21.1 Å². The van der Waals surface area contributed by atoms with E-state index in [0.717, 1.165) is 31.6 Å². The summed E-state index contributed by atoms with van der Waals surface area (Å²) in [5, 5.41) is 0.229. The Morgan fingerprint density at radius 2 is 1.76 bits per heavy atom. The van der Waals surface area contributed by atoms with Gasteiger partial charge in [0.05, 0.1) is 18.0 Å². The molecule has 0 aliphatic heterocycles. The summed E-state index contributed by atoms with van der Waals surface area (Å²) in [6.45, 7) is 0. The van der Waals surface area contributed by atoms with Gasteiger partial charge in [0, 0.05) is 11.1 Å². The Morgan fingerprint density at radius 3 is 2.38 bits per heavy atom. The van der Waals surface area contributed by atoms with Gasteiger partial charge in [0.2, 0.25) is 5.88 Å². The third-order valence-corrected chi connectivity index (χ3v) is 4.67. The lowest BCUT2D eigenvalue weighted by molar-refractivity contribution is -0.0500. The van der Waals surface area contributed by atoms with Crippen molar-refractivity contribution in [2.75, 3.05) is 7.11 Å². The second-order valence-corrected chi connectivity index (χ2v) is 7.33. The van der Waals surface area contributed by atoms with Gasteiger partial charge in [0.1, 0.15) is 6.33 Å². The van der Waals surface area contributed by atoms with Crippen molar-refractivity contribution in [3.63, 3.8) is 0 Å². The number of rotatable bonds is 5. The van der Waals surface area contributed by atoms with Gasteiger partial charge >= 0.3 is 15.6 Å². The molecule has 0 saturated carbocycles. The van der Waals surface area contributed by atoms with Crippen molar-refractivity contribution in [3.05, 3.63) is 47.5 Å². The molecule has 0 aliphatic carbocycles. The molecular formula is C16H9ClF4N2O5S. The molecule has 0 bridgehead atoms. The third-order valence-electron chi connectivity index (χ3n) is 3.47. The molecule has 0 atom stereocenters. The van der Waals surface area contributed by atoms with Crippen molar-refractivity contribution in [2.24, 2.45) is 0 Å². The summed E-state index contributed by atoms with van der Waals surface area (Å²) >= 11 is 5.68. The topological polar surface area (TPSA) is 87.6 Å². The highest BCUT2D eigenvalue weighted by Gasteiger charge is 2.49. The Hall–Kier alpha value is -2.86. The predicted molar refractivity (Wildman–Crippen MR) is 93.2 cm³/mol. The van der Waals surface area contributed by atoms with Crippen molar-refractivity contribution < 1.29 is 39.6 Å². The van der Waals surface area contributed by atoms with E-state index in [9.17, 15) is 26.0 Å². The third kappa shape index (κ3) is 4.27. The highest BCUT2D eigenvalue weighted by atomic mass is 35.5. The minimum atomic E-state index is -5.94. The van der Waals surface area contributed by atoms with Crippen LogP contribution in [-0.2, 0) is 10.1 Å². The fourth-order valence-corrected chi connectivity index (χ4v) is 2.79. The van der Waals surface area contributed by atoms with E-state index >= 15 is 0 Å². The summed E-state index contributed by atoms with van der Waals surface area (Å²) in [7, 11) is -4.86. The van der Waals surface area contributed by atoms with Crippen molar-refractivity contribution >= 4 is 32.6 Å². The molecular weight excluding hydrogens is 444 g/mol. The number of alkyl halides is 3. The first-order valence-electron chi connectivity index (χ1n) is 7.48. The number of nitrogens with zero attached hydrogens (tertiary/aromatic N) is 2. The maximum absolute atomic E-state index is 14.0. The molecule has 154 valence electrons. The number of aromatic nitrogens is 2. The molecule has 0 spiro atoms. The summed E-state index contributed by atoms with van der Waals surface area (Å²) in [5.41, 5.74) is -5.68. The van der Waals surface area contributed by atoms with Crippen LogP contribution >= 0.6 is 11.6 Å². The molecule has 0 aliphatic rings. The summed E-state index contributed by atoms with van der Waals surface area (Å²) in [6, 6.07) is 5.62. The van der Waals surface area contributed by atoms with Crippen LogP contribution in [0.15, 0.2) is 36.7 Å². The van der Waals surface area contributed by atoms with Crippen molar-refractivity contribution in [2.45, 2.75) is 5.51 Å². The van der Waals surface area contributed by atoms with Crippen LogP contribution in [0.25, 0.3) is 10.9 Å². The Kier molecular flexibility index (Phi) is 5.41. The first-order valence-corrected chi connectivity index (χ1v) is 9.27. The maximum Gasteiger partial charge on any atom is 0.534 e. The number of fused-ring (bicyclic) bond motifs is 1. The Labute approximate surface area is 165 Å². The van der Waals surface area contributed by atoms with Gasteiger partial charge in [-0.2, -0.15) is 21.6 Å². The van der Waals surface area contributed by atoms with Gasteiger partial charge in [-0.25, -0.2) is 14.4 Å². The molecule has 1 aromatic heterocycles. The number of benzene rings is 2. The molecule has 0 fully saturated rings. The lowest BCUT2D eigenvalue weighted by atomic mass is 10.2. The summed E-state index contributed by atoms with van der Waals surface area (Å²) in [4.78, 5) is 7.69. The molecule has 3 aromatic rings. The van der Waals surface area contributed by atoms with E-state index in [1.807, 2.05) is 0 Å². The second kappa shape index (κ2) is 7.52. The van der Waals surface area contributed by atoms with Crippen molar-refractivity contribution in [1.82, 2.24) is 9.97 Å². The van der Waals surface area contributed by atoms with Gasteiger partial charge in [-0.1, -0.05) is 11.6 Å². The minimum absolute atomic E-state index is 0.0439. The zero-order valence-electron chi connectivity index (χ0n) is 14.2. The molecule has 0 N–H and O–H groups in total. The molecule has 29 heavy (non-hydrogen) atoms. The normalized spacial score (nSPS) is 12.1. The average Bonchev–Trinajstić information content (AvgIpc) is 2.62. The lowest BCUT2D eigenvalue weighted by Crippen LogP contribution is -2.28. The molecule has 0 unspecified atom stereocenters. The number of halogens is 5. The zero-order valence-corrected chi connectivity index (χ0v) is 15.8. The number of hydrogen-bond acceptors (Lipinski definition) is 7. The van der Waals surface area contributed by atoms with E-state index in [1.54, 1.807) is 0 Å². The van der Waals surface area contributed by atoms with Crippen LogP contribution in [0, 0.1) is 5.82 Å². The van der Waals surface area contributed by atoms with Gasteiger partial charge in [0.15, 0.2) is 23.1 Å².